The predicted octanol–water partition coefficient (Wildman–Crippen LogP) is 1.65. The van der Waals surface area contributed by atoms with Crippen LogP contribution in [0.15, 0.2) is 29.0 Å². The molecular formula is C16H21N5O2. The lowest BCUT2D eigenvalue weighted by atomic mass is 9.95. The average molecular weight is 315 g/mol. The molecule has 0 radical (unpaired) electrons. The molecule has 0 spiro atoms. The average Bonchev–Trinajstić information content (AvgIpc) is 3.11. The third-order valence-corrected chi connectivity index (χ3v) is 4.41. The summed E-state index contributed by atoms with van der Waals surface area (Å²) in [5.41, 5.74) is 0.841. The lowest BCUT2D eigenvalue weighted by Gasteiger charge is -2.33. The number of likely N-dealkylation sites (tertiary alicyclic amines) is 1. The van der Waals surface area contributed by atoms with Crippen LogP contribution in [0.3, 0.4) is 0 Å². The fourth-order valence-electron chi connectivity index (χ4n) is 2.93. The molecule has 1 N–H and O–H groups in total. The molecule has 0 saturated carbocycles. The number of rotatable bonds is 4. The number of piperidine rings is 1. The molecule has 2 aromatic heterocycles. The Labute approximate surface area is 135 Å². The third-order valence-electron chi connectivity index (χ3n) is 4.41. The molecule has 3 rings (SSSR count). The molecule has 1 atom stereocenters. The first-order chi connectivity index (χ1) is 11.2. The van der Waals surface area contributed by atoms with Gasteiger partial charge in [-0.1, -0.05) is 5.16 Å². The molecule has 0 bridgehead atoms. The standard InChI is InChI=1S/C16H21N5O2/c1-11(21-8-5-12(6-9-21)15(22)17-2)16-19-14(20-23-16)13-4-3-7-18-10-13/h3-4,7,10-12H,5-6,8-9H2,1-2H3,(H,17,22). The van der Waals surface area contributed by atoms with Crippen LogP contribution in [0.2, 0.25) is 0 Å². The Morgan fingerprint density at radius 3 is 2.87 bits per heavy atom. The maximum Gasteiger partial charge on any atom is 0.244 e. The largest absolute Gasteiger partial charge is 0.359 e. The number of carbonyl (C=O) groups excluding carboxylic acids is 1. The number of nitrogens with one attached hydrogen (secondary N) is 1. The molecule has 0 aliphatic carbocycles. The Bertz CT molecular complexity index is 650. The van der Waals surface area contributed by atoms with Crippen LogP contribution in [0, 0.1) is 5.92 Å². The summed E-state index contributed by atoms with van der Waals surface area (Å²) in [4.78, 5) is 22.5. The molecule has 0 aromatic carbocycles. The van der Waals surface area contributed by atoms with Gasteiger partial charge in [0.2, 0.25) is 17.6 Å². The number of nitrogens with zero attached hydrogens (tertiary/aromatic N) is 4. The number of aromatic nitrogens is 3. The molecule has 23 heavy (non-hydrogen) atoms. The zero-order valence-electron chi connectivity index (χ0n) is 13.4. The lowest BCUT2D eigenvalue weighted by molar-refractivity contribution is -0.126. The van der Waals surface area contributed by atoms with E-state index in [1.165, 1.54) is 0 Å². The van der Waals surface area contributed by atoms with Crippen LogP contribution in [0.5, 0.6) is 0 Å². The monoisotopic (exact) mass is 315 g/mol. The molecule has 1 saturated heterocycles. The van der Waals surface area contributed by atoms with Gasteiger partial charge in [0.15, 0.2) is 0 Å². The van der Waals surface area contributed by atoms with Crippen LogP contribution in [0.4, 0.5) is 0 Å². The van der Waals surface area contributed by atoms with Crippen LogP contribution < -0.4 is 5.32 Å². The Morgan fingerprint density at radius 2 is 2.22 bits per heavy atom. The number of hydrogen-bond acceptors (Lipinski definition) is 6. The van der Waals surface area contributed by atoms with Crippen LogP contribution in [0.1, 0.15) is 31.7 Å². The van der Waals surface area contributed by atoms with Gasteiger partial charge < -0.3 is 9.84 Å². The van der Waals surface area contributed by atoms with Gasteiger partial charge in [0.1, 0.15) is 0 Å². The molecule has 7 heteroatoms. The highest BCUT2D eigenvalue weighted by atomic mass is 16.5. The minimum Gasteiger partial charge on any atom is -0.359 e. The summed E-state index contributed by atoms with van der Waals surface area (Å²) >= 11 is 0. The highest BCUT2D eigenvalue weighted by molar-refractivity contribution is 5.78. The van der Waals surface area contributed by atoms with Gasteiger partial charge in [0, 0.05) is 30.9 Å². The van der Waals surface area contributed by atoms with Crippen LogP contribution in [0.25, 0.3) is 11.4 Å². The zero-order valence-corrected chi connectivity index (χ0v) is 13.4. The lowest BCUT2D eigenvalue weighted by Crippen LogP contribution is -2.40. The second-order valence-electron chi connectivity index (χ2n) is 5.80. The van der Waals surface area contributed by atoms with E-state index in [9.17, 15) is 4.79 Å². The fraction of sp³-hybridized carbons (Fsp3) is 0.500. The van der Waals surface area contributed by atoms with Crippen molar-refractivity contribution in [1.29, 1.82) is 0 Å². The molecule has 2 aromatic rings. The van der Waals surface area contributed by atoms with Crippen molar-refractivity contribution >= 4 is 5.91 Å². The van der Waals surface area contributed by atoms with E-state index in [-0.39, 0.29) is 17.9 Å². The van der Waals surface area contributed by atoms with Gasteiger partial charge in [-0.25, -0.2) is 0 Å². The predicted molar refractivity (Wildman–Crippen MR) is 84.3 cm³/mol. The van der Waals surface area contributed by atoms with Crippen molar-refractivity contribution in [3.05, 3.63) is 30.4 Å². The van der Waals surface area contributed by atoms with Gasteiger partial charge in [-0.2, -0.15) is 4.98 Å². The summed E-state index contributed by atoms with van der Waals surface area (Å²) in [6, 6.07) is 3.79. The summed E-state index contributed by atoms with van der Waals surface area (Å²) < 4.78 is 5.42. The Kier molecular flexibility index (Phi) is 4.66. The summed E-state index contributed by atoms with van der Waals surface area (Å²) in [7, 11) is 1.69. The van der Waals surface area contributed by atoms with Gasteiger partial charge in [-0.3, -0.25) is 14.7 Å². The number of amides is 1. The molecular weight excluding hydrogens is 294 g/mol. The Morgan fingerprint density at radius 1 is 1.43 bits per heavy atom. The maximum atomic E-state index is 11.7. The minimum atomic E-state index is 0.0403. The van der Waals surface area contributed by atoms with E-state index in [0.717, 1.165) is 31.5 Å². The molecule has 7 nitrogen and oxygen atoms in total. The van der Waals surface area contributed by atoms with E-state index < -0.39 is 0 Å². The van der Waals surface area contributed by atoms with Crippen molar-refractivity contribution in [2.45, 2.75) is 25.8 Å². The van der Waals surface area contributed by atoms with E-state index in [0.29, 0.717) is 11.7 Å². The second-order valence-corrected chi connectivity index (χ2v) is 5.80. The van der Waals surface area contributed by atoms with Gasteiger partial charge >= 0.3 is 0 Å². The topological polar surface area (TPSA) is 84.2 Å². The Hall–Kier alpha value is -2.28. The van der Waals surface area contributed by atoms with Crippen LogP contribution in [-0.2, 0) is 4.79 Å². The molecule has 3 heterocycles. The highest BCUT2D eigenvalue weighted by Crippen LogP contribution is 2.27. The van der Waals surface area contributed by atoms with Crippen LogP contribution in [-0.4, -0.2) is 46.1 Å². The molecule has 122 valence electrons. The first-order valence-electron chi connectivity index (χ1n) is 7.88. The Balaban J connectivity index is 1.64. The molecule has 1 unspecified atom stereocenters. The summed E-state index contributed by atoms with van der Waals surface area (Å²) in [6.45, 7) is 3.76. The van der Waals surface area contributed by atoms with Crippen molar-refractivity contribution in [2.75, 3.05) is 20.1 Å². The SMILES string of the molecule is CNC(=O)C1CCN(C(C)c2nc(-c3cccnc3)no2)CC1. The third kappa shape index (κ3) is 3.39. The van der Waals surface area contributed by atoms with Crippen molar-refractivity contribution in [2.24, 2.45) is 5.92 Å². The minimum absolute atomic E-state index is 0.0403. The second kappa shape index (κ2) is 6.87. The van der Waals surface area contributed by atoms with Gasteiger partial charge in [0.25, 0.3) is 0 Å². The summed E-state index contributed by atoms with van der Waals surface area (Å²) in [5.74, 6) is 1.40. The first kappa shape index (κ1) is 15.6. The summed E-state index contributed by atoms with van der Waals surface area (Å²) in [6.07, 6.45) is 5.14. The van der Waals surface area contributed by atoms with Gasteiger partial charge in [0.05, 0.1) is 6.04 Å². The van der Waals surface area contributed by atoms with Crippen molar-refractivity contribution in [1.82, 2.24) is 25.3 Å². The molecule has 1 fully saturated rings. The normalized spacial score (nSPS) is 17.8. The highest BCUT2D eigenvalue weighted by Gasteiger charge is 2.29. The van der Waals surface area contributed by atoms with E-state index in [2.05, 4.69) is 32.3 Å². The smallest absolute Gasteiger partial charge is 0.244 e. The molecule has 1 aliphatic heterocycles. The number of pyridine rings is 1. The van der Waals surface area contributed by atoms with E-state index in [4.69, 9.17) is 4.52 Å². The number of carbonyl (C=O) groups is 1. The fourth-order valence-corrected chi connectivity index (χ4v) is 2.93. The molecule has 1 amide bonds. The van der Waals surface area contributed by atoms with Crippen LogP contribution >= 0.6 is 0 Å². The maximum absolute atomic E-state index is 11.7. The van der Waals surface area contributed by atoms with E-state index in [1.54, 1.807) is 19.4 Å². The number of hydrogen-bond donors (Lipinski definition) is 1. The van der Waals surface area contributed by atoms with E-state index >= 15 is 0 Å². The summed E-state index contributed by atoms with van der Waals surface area (Å²) in [5, 5.41) is 6.77. The van der Waals surface area contributed by atoms with Crippen molar-refractivity contribution in [3.63, 3.8) is 0 Å². The van der Waals surface area contributed by atoms with Crippen molar-refractivity contribution in [3.8, 4) is 11.4 Å². The van der Waals surface area contributed by atoms with Crippen molar-refractivity contribution < 1.29 is 9.32 Å². The van der Waals surface area contributed by atoms with Gasteiger partial charge in [-0.05, 0) is 45.0 Å². The first-order valence-corrected chi connectivity index (χ1v) is 7.88. The molecule has 1 aliphatic rings. The quantitative estimate of drug-likeness (QED) is 0.923. The van der Waals surface area contributed by atoms with E-state index in [1.807, 2.05) is 12.1 Å². The van der Waals surface area contributed by atoms with Gasteiger partial charge in [-0.15, -0.1) is 0 Å². The zero-order chi connectivity index (χ0) is 16.2.